The van der Waals surface area contributed by atoms with E-state index in [9.17, 15) is 0 Å². The van der Waals surface area contributed by atoms with Crippen molar-refractivity contribution in [2.45, 2.75) is 65.2 Å². The van der Waals surface area contributed by atoms with Crippen LogP contribution in [0.5, 0.6) is 0 Å². The van der Waals surface area contributed by atoms with Crippen LogP contribution in [0.3, 0.4) is 0 Å². The fourth-order valence-electron chi connectivity index (χ4n) is 10.5. The summed E-state index contributed by atoms with van der Waals surface area (Å²) in [7, 11) is 0. The molecule has 0 N–H and O–H groups in total. The van der Waals surface area contributed by atoms with Crippen molar-refractivity contribution in [3.63, 3.8) is 0 Å². The molecule has 0 bridgehead atoms. The van der Waals surface area contributed by atoms with Gasteiger partial charge in [-0.2, -0.15) is 0 Å². The van der Waals surface area contributed by atoms with Crippen LogP contribution in [0.25, 0.3) is 22.2 Å². The molecule has 3 heteroatoms. The Morgan fingerprint density at radius 3 is 0.952 bits per heavy atom. The number of halogens is 1. The van der Waals surface area contributed by atoms with Gasteiger partial charge in [-0.3, -0.25) is 0 Å². The normalized spacial score (nSPS) is 15.0. The van der Waals surface area contributed by atoms with Crippen LogP contribution < -0.4 is 9.80 Å². The minimum absolute atomic E-state index is 0. The number of fused-ring (bicyclic) bond motifs is 2. The molecule has 1 heterocycles. The van der Waals surface area contributed by atoms with Crippen molar-refractivity contribution in [2.75, 3.05) is 16.5 Å². The van der Waals surface area contributed by atoms with Gasteiger partial charge in [0.1, 0.15) is 6.67 Å². The van der Waals surface area contributed by atoms with E-state index in [0.717, 1.165) is 0 Å². The average molecular weight is 828 g/mol. The van der Waals surface area contributed by atoms with E-state index in [-0.39, 0.29) is 36.1 Å². The summed E-state index contributed by atoms with van der Waals surface area (Å²) in [4.78, 5) is 5.45. The number of hydrogen-bond donors (Lipinski definition) is 0. The van der Waals surface area contributed by atoms with Crippen LogP contribution >= 0.6 is 12.4 Å². The van der Waals surface area contributed by atoms with Crippen LogP contribution in [0.1, 0.15) is 118 Å². The summed E-state index contributed by atoms with van der Waals surface area (Å²) in [6, 6.07) is 68.1. The van der Waals surface area contributed by atoms with Gasteiger partial charge in [-0.25, -0.2) is 0 Å². The van der Waals surface area contributed by atoms with Crippen LogP contribution in [-0.4, -0.2) is 6.67 Å². The number of benzene rings is 8. The van der Waals surface area contributed by atoms with Crippen molar-refractivity contribution in [1.29, 1.82) is 0 Å². The lowest BCUT2D eigenvalue weighted by molar-refractivity contribution is 0.842. The summed E-state index contributed by atoms with van der Waals surface area (Å²) >= 11 is 0. The Balaban J connectivity index is 0.00000490. The highest BCUT2D eigenvalue weighted by atomic mass is 35.5. The molecule has 4 atom stereocenters. The fourth-order valence-corrected chi connectivity index (χ4v) is 10.5. The van der Waals surface area contributed by atoms with Gasteiger partial charge in [0.15, 0.2) is 0 Å². The first-order valence-electron chi connectivity index (χ1n) is 22.1. The number of nitrogens with zero attached hydrogens (tertiary/aromatic N) is 2. The zero-order valence-corrected chi connectivity index (χ0v) is 37.5. The van der Waals surface area contributed by atoms with Crippen LogP contribution in [-0.2, 0) is 0 Å². The average Bonchev–Trinajstić information content (AvgIpc) is 3.86. The molecule has 1 aliphatic carbocycles. The molecule has 4 unspecified atom stereocenters. The van der Waals surface area contributed by atoms with Gasteiger partial charge in [-0.1, -0.05) is 221 Å². The van der Waals surface area contributed by atoms with E-state index in [1.165, 1.54) is 100 Å². The molecule has 0 aromatic heterocycles. The Hall–Kier alpha value is -6.35. The number of hydrogen-bond acceptors (Lipinski definition) is 2. The number of rotatable bonds is 10. The van der Waals surface area contributed by atoms with Gasteiger partial charge in [-0.05, 0) is 63.7 Å². The molecular formula is C59H55ClN2. The van der Waals surface area contributed by atoms with E-state index in [1.807, 2.05) is 0 Å². The first kappa shape index (κ1) is 41.0. The third kappa shape index (κ3) is 7.01. The summed E-state index contributed by atoms with van der Waals surface area (Å²) in [6.07, 6.45) is 0. The van der Waals surface area contributed by atoms with Crippen molar-refractivity contribution in [3.8, 4) is 0 Å². The van der Waals surface area contributed by atoms with Gasteiger partial charge in [-0.15, -0.1) is 12.4 Å². The predicted octanol–water partition coefficient (Wildman–Crippen LogP) is 15.6. The zero-order valence-electron chi connectivity index (χ0n) is 36.6. The topological polar surface area (TPSA) is 6.48 Å². The Kier molecular flexibility index (Phi) is 11.1. The Morgan fingerprint density at radius 2 is 0.661 bits per heavy atom. The fraction of sp³-hybridized carbons (Fsp3) is 0.186. The molecule has 1 aliphatic heterocycles. The predicted molar refractivity (Wildman–Crippen MR) is 266 cm³/mol. The van der Waals surface area contributed by atoms with Crippen LogP contribution in [0.2, 0.25) is 0 Å². The lowest BCUT2D eigenvalue weighted by Crippen LogP contribution is -2.32. The highest BCUT2D eigenvalue weighted by Crippen LogP contribution is 2.56. The Bertz CT molecular complexity index is 2590. The third-order valence-corrected chi connectivity index (χ3v) is 13.7. The van der Waals surface area contributed by atoms with E-state index < -0.39 is 0 Å². The van der Waals surface area contributed by atoms with Crippen LogP contribution in [0.4, 0.5) is 11.4 Å². The van der Waals surface area contributed by atoms with Crippen LogP contribution in [0.15, 0.2) is 182 Å². The summed E-state index contributed by atoms with van der Waals surface area (Å²) in [5, 5.41) is 2.62. The second kappa shape index (κ2) is 16.8. The summed E-state index contributed by atoms with van der Waals surface area (Å²) in [6.45, 7) is 14.8. The highest BCUT2D eigenvalue weighted by Gasteiger charge is 2.43. The van der Waals surface area contributed by atoms with E-state index in [4.69, 9.17) is 0 Å². The molecule has 2 nitrogen and oxygen atoms in total. The third-order valence-electron chi connectivity index (χ3n) is 13.7. The first-order valence-corrected chi connectivity index (χ1v) is 22.1. The van der Waals surface area contributed by atoms with E-state index in [1.54, 1.807) is 0 Å². The van der Waals surface area contributed by atoms with Gasteiger partial charge < -0.3 is 9.80 Å². The highest BCUT2D eigenvalue weighted by molar-refractivity contribution is 6.21. The molecule has 0 amide bonds. The minimum Gasteiger partial charge on any atom is -0.320 e. The van der Waals surface area contributed by atoms with Gasteiger partial charge >= 0.3 is 0 Å². The van der Waals surface area contributed by atoms with Gasteiger partial charge in [0.25, 0.3) is 0 Å². The smallest absolute Gasteiger partial charge is 0.100 e. The van der Waals surface area contributed by atoms with Crippen molar-refractivity contribution in [1.82, 2.24) is 0 Å². The van der Waals surface area contributed by atoms with Gasteiger partial charge in [0.2, 0.25) is 0 Å². The molecule has 308 valence electrons. The molecule has 8 aromatic rings. The molecule has 0 spiro atoms. The molecule has 0 fully saturated rings. The van der Waals surface area contributed by atoms with Gasteiger partial charge in [0.05, 0.1) is 22.8 Å². The van der Waals surface area contributed by atoms with E-state index >= 15 is 0 Å². The van der Waals surface area contributed by atoms with Crippen molar-refractivity contribution >= 4 is 45.9 Å². The standard InChI is InChI=1S/C59H54N2.ClH/c1-38-33-51(40(3)44-21-11-7-12-22-44)56(52(34-38)41(4)45-23-13-8-14-24-45)60-37-61(59-50-32-20-30-48-29-19-31-49(55(48)50)58(59)60)57-53(42(5)46-25-15-9-16-26-46)35-39(2)36-54(57)43(6)47-27-17-10-18-28-47;/h7-36,40-43H,37H2,1-6H3;1H. The number of anilines is 2. The summed E-state index contributed by atoms with van der Waals surface area (Å²) in [5.74, 6) is 0.656. The maximum absolute atomic E-state index is 2.72. The summed E-state index contributed by atoms with van der Waals surface area (Å²) in [5.41, 5.74) is 21.2. The molecule has 8 aromatic carbocycles. The maximum atomic E-state index is 2.72. The second-order valence-electron chi connectivity index (χ2n) is 17.5. The van der Waals surface area contributed by atoms with Crippen LogP contribution in [0, 0.1) is 13.8 Å². The quantitative estimate of drug-likeness (QED) is 0.136. The van der Waals surface area contributed by atoms with E-state index in [0.29, 0.717) is 6.67 Å². The monoisotopic (exact) mass is 826 g/mol. The molecule has 10 rings (SSSR count). The van der Waals surface area contributed by atoms with E-state index in [2.05, 4.69) is 233 Å². The zero-order chi connectivity index (χ0) is 41.8. The Labute approximate surface area is 374 Å². The molecule has 2 aliphatic rings. The SMILES string of the molecule is Cc1cc(C(C)c2ccccc2)c(N2CN(c3c(C(C)c4ccccc4)cc(C)cc3C(C)c3ccccc3)C3=C2c2cccc4cccc3c24)c(C(C)c2ccccc2)c1.Cl. The second-order valence-corrected chi connectivity index (χ2v) is 17.5. The molecular weight excluding hydrogens is 772 g/mol. The Morgan fingerprint density at radius 1 is 0.371 bits per heavy atom. The molecule has 0 saturated heterocycles. The molecule has 0 saturated carbocycles. The first-order chi connectivity index (χ1) is 29.8. The summed E-state index contributed by atoms with van der Waals surface area (Å²) < 4.78 is 0. The molecule has 62 heavy (non-hydrogen) atoms. The van der Waals surface area contributed by atoms with Gasteiger partial charge in [0, 0.05) is 40.2 Å². The van der Waals surface area contributed by atoms with Crippen molar-refractivity contribution in [3.05, 3.63) is 249 Å². The molecule has 0 radical (unpaired) electrons. The minimum atomic E-state index is 0. The number of aryl methyl sites for hydroxylation is 2. The van der Waals surface area contributed by atoms with Crippen molar-refractivity contribution in [2.24, 2.45) is 0 Å². The lowest BCUT2D eigenvalue weighted by Gasteiger charge is -2.35. The largest absolute Gasteiger partial charge is 0.320 e. The lowest BCUT2D eigenvalue weighted by atomic mass is 9.83. The maximum Gasteiger partial charge on any atom is 0.100 e. The van der Waals surface area contributed by atoms with Crippen molar-refractivity contribution < 1.29 is 0 Å².